The Morgan fingerprint density at radius 3 is 2.27 bits per heavy atom. The molecule has 30 heavy (non-hydrogen) atoms. The van der Waals surface area contributed by atoms with Gasteiger partial charge in [0.25, 0.3) is 0 Å². The first-order valence-electron chi connectivity index (χ1n) is 10.6. The molecule has 3 rings (SSSR count). The van der Waals surface area contributed by atoms with Crippen molar-refractivity contribution in [2.75, 3.05) is 20.3 Å². The molecule has 0 saturated carbocycles. The average Bonchev–Trinajstić information content (AvgIpc) is 2.80. The number of allylic oxidation sites excluding steroid dienone is 1. The number of ether oxygens (including phenoxy) is 1. The maximum absolute atomic E-state index is 11.3. The lowest BCUT2D eigenvalue weighted by molar-refractivity contribution is -0.279. The fourth-order valence-electron chi connectivity index (χ4n) is 3.35. The van der Waals surface area contributed by atoms with Crippen LogP contribution in [0.15, 0.2) is 65.6 Å². The molecule has 2 aromatic carbocycles. The van der Waals surface area contributed by atoms with Gasteiger partial charge < -0.3 is 9.84 Å². The SMILES string of the molecule is CCCCCCON1C(O)=C(c2ccccc2)C(c2ccc(OC)cc2)=NN1CC. The molecule has 2 aromatic rings. The number of unbranched alkanes of at least 4 members (excludes halogenated alkanes) is 3. The summed E-state index contributed by atoms with van der Waals surface area (Å²) < 4.78 is 5.28. The van der Waals surface area contributed by atoms with Gasteiger partial charge in [-0.1, -0.05) is 56.5 Å². The maximum atomic E-state index is 11.3. The molecule has 1 aliphatic rings. The Morgan fingerprint density at radius 2 is 1.63 bits per heavy atom. The van der Waals surface area contributed by atoms with Crippen molar-refractivity contribution in [3.63, 3.8) is 0 Å². The third-order valence-electron chi connectivity index (χ3n) is 4.99. The maximum Gasteiger partial charge on any atom is 0.244 e. The molecule has 1 heterocycles. The van der Waals surface area contributed by atoms with Gasteiger partial charge in [0.05, 0.1) is 25.8 Å². The lowest BCUT2D eigenvalue weighted by Crippen LogP contribution is -2.43. The van der Waals surface area contributed by atoms with E-state index in [0.717, 1.165) is 29.7 Å². The van der Waals surface area contributed by atoms with Crippen molar-refractivity contribution in [3.05, 3.63) is 71.6 Å². The van der Waals surface area contributed by atoms with E-state index in [1.165, 1.54) is 18.0 Å². The third-order valence-corrected chi connectivity index (χ3v) is 4.99. The van der Waals surface area contributed by atoms with Gasteiger partial charge in [-0.25, -0.2) is 4.84 Å². The quantitative estimate of drug-likeness (QED) is 0.533. The fraction of sp³-hybridized carbons (Fsp3) is 0.375. The number of hydrazine groups is 1. The van der Waals surface area contributed by atoms with Crippen molar-refractivity contribution >= 4 is 11.3 Å². The number of hydrogen-bond donors (Lipinski definition) is 1. The second-order valence-electron chi connectivity index (χ2n) is 7.10. The fourth-order valence-corrected chi connectivity index (χ4v) is 3.35. The van der Waals surface area contributed by atoms with Gasteiger partial charge in [0.1, 0.15) is 11.5 Å². The molecule has 0 spiro atoms. The molecule has 0 radical (unpaired) electrons. The van der Waals surface area contributed by atoms with Gasteiger partial charge in [-0.05, 0) is 43.2 Å². The van der Waals surface area contributed by atoms with Crippen LogP contribution in [-0.2, 0) is 4.84 Å². The second kappa shape index (κ2) is 10.7. The predicted molar refractivity (Wildman–Crippen MR) is 120 cm³/mol. The number of hydrazone groups is 1. The van der Waals surface area contributed by atoms with E-state index in [1.807, 2.05) is 61.5 Å². The smallest absolute Gasteiger partial charge is 0.244 e. The molecule has 1 N–H and O–H groups in total. The van der Waals surface area contributed by atoms with Gasteiger partial charge in [0.2, 0.25) is 5.88 Å². The summed E-state index contributed by atoms with van der Waals surface area (Å²) in [4.78, 5) is 5.94. The highest BCUT2D eigenvalue weighted by atomic mass is 16.7. The molecular formula is C24H31N3O3. The van der Waals surface area contributed by atoms with Crippen LogP contribution in [-0.4, -0.2) is 41.4 Å². The van der Waals surface area contributed by atoms with E-state index in [0.29, 0.717) is 24.4 Å². The molecule has 0 atom stereocenters. The first-order chi connectivity index (χ1) is 14.7. The summed E-state index contributed by atoms with van der Waals surface area (Å²) in [5, 5.41) is 19.1. The Morgan fingerprint density at radius 1 is 0.900 bits per heavy atom. The van der Waals surface area contributed by atoms with E-state index < -0.39 is 0 Å². The van der Waals surface area contributed by atoms with E-state index in [1.54, 1.807) is 12.2 Å². The summed E-state index contributed by atoms with van der Waals surface area (Å²) >= 11 is 0. The Hall–Kier alpha value is -2.99. The van der Waals surface area contributed by atoms with Crippen molar-refractivity contribution in [2.24, 2.45) is 5.10 Å². The lowest BCUT2D eigenvalue weighted by atomic mass is 9.95. The standard InChI is InChI=1S/C24H31N3O3/c1-4-6-7-11-18-30-27-24(28)22(19-12-9-8-10-13-19)23(25-26(27)5-2)20-14-16-21(29-3)17-15-20/h8-10,12-17,28H,4-7,11,18H2,1-3H3. The van der Waals surface area contributed by atoms with Gasteiger partial charge in [-0.15, -0.1) is 5.17 Å². The molecular weight excluding hydrogens is 378 g/mol. The molecule has 6 nitrogen and oxygen atoms in total. The Kier molecular flexibility index (Phi) is 7.74. The summed E-state index contributed by atoms with van der Waals surface area (Å²) in [6, 6.07) is 17.5. The van der Waals surface area contributed by atoms with Crippen LogP contribution in [0.4, 0.5) is 0 Å². The number of methoxy groups -OCH3 is 1. The average molecular weight is 410 g/mol. The Labute approximate surface area is 179 Å². The van der Waals surface area contributed by atoms with Crippen LogP contribution >= 0.6 is 0 Å². The summed E-state index contributed by atoms with van der Waals surface area (Å²) in [5.41, 5.74) is 3.09. The zero-order valence-electron chi connectivity index (χ0n) is 18.0. The Bertz CT molecular complexity index is 863. The summed E-state index contributed by atoms with van der Waals surface area (Å²) in [7, 11) is 1.64. The third kappa shape index (κ3) is 4.94. The molecule has 0 unspecified atom stereocenters. The van der Waals surface area contributed by atoms with Crippen LogP contribution < -0.4 is 4.74 Å². The van der Waals surface area contributed by atoms with Crippen LogP contribution in [0.1, 0.15) is 50.7 Å². The lowest BCUT2D eigenvalue weighted by Gasteiger charge is -2.36. The van der Waals surface area contributed by atoms with Gasteiger partial charge in [0, 0.05) is 5.56 Å². The van der Waals surface area contributed by atoms with Crippen LogP contribution in [0, 0.1) is 0 Å². The largest absolute Gasteiger partial charge is 0.497 e. The van der Waals surface area contributed by atoms with Gasteiger partial charge in [0.15, 0.2) is 0 Å². The first kappa shape index (κ1) is 21.7. The highest BCUT2D eigenvalue weighted by Gasteiger charge is 2.31. The zero-order chi connectivity index (χ0) is 21.3. The predicted octanol–water partition coefficient (Wildman–Crippen LogP) is 5.39. The van der Waals surface area contributed by atoms with Gasteiger partial charge in [-0.2, -0.15) is 10.2 Å². The number of rotatable bonds is 10. The van der Waals surface area contributed by atoms with E-state index >= 15 is 0 Å². The molecule has 1 aliphatic heterocycles. The molecule has 160 valence electrons. The van der Waals surface area contributed by atoms with Crippen LogP contribution in [0.25, 0.3) is 5.57 Å². The van der Waals surface area contributed by atoms with Crippen molar-refractivity contribution in [1.82, 2.24) is 10.3 Å². The summed E-state index contributed by atoms with van der Waals surface area (Å²) in [6.07, 6.45) is 4.39. The topological polar surface area (TPSA) is 57.5 Å². The van der Waals surface area contributed by atoms with Crippen LogP contribution in [0.3, 0.4) is 0 Å². The zero-order valence-corrected chi connectivity index (χ0v) is 18.0. The summed E-state index contributed by atoms with van der Waals surface area (Å²) in [6.45, 7) is 5.24. The minimum absolute atomic E-state index is 0.0411. The van der Waals surface area contributed by atoms with E-state index in [-0.39, 0.29) is 5.88 Å². The van der Waals surface area contributed by atoms with Crippen LogP contribution in [0.2, 0.25) is 0 Å². The molecule has 0 amide bonds. The van der Waals surface area contributed by atoms with Crippen molar-refractivity contribution in [1.29, 1.82) is 0 Å². The van der Waals surface area contributed by atoms with E-state index in [4.69, 9.17) is 14.7 Å². The number of hydrogen-bond acceptors (Lipinski definition) is 6. The van der Waals surface area contributed by atoms with Crippen molar-refractivity contribution in [3.8, 4) is 5.75 Å². The molecule has 0 saturated heterocycles. The number of aliphatic hydroxyl groups is 1. The molecule has 0 bridgehead atoms. The molecule has 0 aliphatic carbocycles. The number of benzene rings is 2. The minimum atomic E-state index is 0.0411. The van der Waals surface area contributed by atoms with Crippen molar-refractivity contribution in [2.45, 2.75) is 39.5 Å². The minimum Gasteiger partial charge on any atom is -0.497 e. The number of nitrogens with zero attached hydrogens (tertiary/aromatic N) is 3. The molecule has 0 aromatic heterocycles. The Balaban J connectivity index is 1.96. The van der Waals surface area contributed by atoms with Crippen molar-refractivity contribution < 1.29 is 14.7 Å². The van der Waals surface area contributed by atoms with Gasteiger partial charge >= 0.3 is 0 Å². The van der Waals surface area contributed by atoms with E-state index in [9.17, 15) is 5.11 Å². The highest BCUT2D eigenvalue weighted by Crippen LogP contribution is 2.31. The molecule has 6 heteroatoms. The number of hydroxylamine groups is 1. The summed E-state index contributed by atoms with van der Waals surface area (Å²) in [5.74, 6) is 0.813. The highest BCUT2D eigenvalue weighted by molar-refractivity contribution is 6.32. The molecule has 0 fully saturated rings. The van der Waals surface area contributed by atoms with E-state index in [2.05, 4.69) is 6.92 Å². The normalized spacial score (nSPS) is 14.2. The second-order valence-corrected chi connectivity index (χ2v) is 7.10. The van der Waals surface area contributed by atoms with Gasteiger partial charge in [-0.3, -0.25) is 0 Å². The first-order valence-corrected chi connectivity index (χ1v) is 10.6. The van der Waals surface area contributed by atoms with Crippen LogP contribution in [0.5, 0.6) is 5.75 Å². The monoisotopic (exact) mass is 409 g/mol. The number of aliphatic hydroxyl groups excluding tert-OH is 1.